The van der Waals surface area contributed by atoms with Crippen molar-refractivity contribution in [2.45, 2.75) is 13.1 Å². The van der Waals surface area contributed by atoms with Gasteiger partial charge in [-0.1, -0.05) is 30.3 Å². The topological polar surface area (TPSA) is 87.2 Å². The summed E-state index contributed by atoms with van der Waals surface area (Å²) in [4.78, 5) is 16.6. The third kappa shape index (κ3) is 6.44. The van der Waals surface area contributed by atoms with Crippen LogP contribution in [0.4, 0.5) is 0 Å². The number of rotatable bonds is 9. The van der Waals surface area contributed by atoms with E-state index in [-0.39, 0.29) is 25.5 Å². The van der Waals surface area contributed by atoms with Crippen LogP contribution in [0.1, 0.15) is 17.1 Å². The normalized spacial score (nSPS) is 15.5. The van der Waals surface area contributed by atoms with Crippen LogP contribution in [0, 0.1) is 0 Å². The second-order valence-corrected chi connectivity index (χ2v) is 9.66. The van der Waals surface area contributed by atoms with Crippen molar-refractivity contribution in [3.63, 3.8) is 0 Å². The van der Waals surface area contributed by atoms with Crippen LogP contribution in [0.5, 0.6) is 0 Å². The molecule has 1 aliphatic rings. The zero-order valence-electron chi connectivity index (χ0n) is 18.2. The maximum atomic E-state index is 13.0. The monoisotopic (exact) mass is 469 g/mol. The van der Waals surface area contributed by atoms with Gasteiger partial charge in [-0.25, -0.2) is 8.42 Å². The molecule has 0 spiro atoms. The summed E-state index contributed by atoms with van der Waals surface area (Å²) in [5.41, 5.74) is 0.822. The number of amides is 1. The average molecular weight is 470 g/mol. The van der Waals surface area contributed by atoms with Gasteiger partial charge >= 0.3 is 0 Å². The molecule has 0 aliphatic carbocycles. The van der Waals surface area contributed by atoms with Crippen LogP contribution in [0.15, 0.2) is 81.4 Å². The van der Waals surface area contributed by atoms with Gasteiger partial charge in [-0.2, -0.15) is 4.31 Å². The van der Waals surface area contributed by atoms with Crippen molar-refractivity contribution in [1.82, 2.24) is 14.1 Å². The van der Waals surface area contributed by atoms with Gasteiger partial charge in [0, 0.05) is 31.6 Å². The molecule has 1 saturated heterocycles. The molecule has 0 radical (unpaired) electrons. The standard InChI is InChI=1S/C24H27N3O5S/c28-24(20-25(18-22-8-4-15-31-22)19-23-9-5-16-32-23)26-11-13-27(14-12-26)33(29,30)17-10-21-6-2-1-3-7-21/h1-10,15-17H,11-14,18-20H2/b17-10+. The molecule has 33 heavy (non-hydrogen) atoms. The Labute approximate surface area is 193 Å². The first-order chi connectivity index (χ1) is 16.0. The molecular formula is C24H27N3O5S. The second-order valence-electron chi connectivity index (χ2n) is 7.84. The van der Waals surface area contributed by atoms with Gasteiger partial charge in [-0.3, -0.25) is 9.69 Å². The van der Waals surface area contributed by atoms with Gasteiger partial charge in [-0.05, 0) is 35.9 Å². The summed E-state index contributed by atoms with van der Waals surface area (Å²) in [6, 6.07) is 16.7. The van der Waals surface area contributed by atoms with E-state index in [0.29, 0.717) is 26.2 Å². The Morgan fingerprint density at radius 1 is 0.879 bits per heavy atom. The third-order valence-corrected chi connectivity index (χ3v) is 7.03. The molecule has 1 amide bonds. The maximum Gasteiger partial charge on any atom is 0.236 e. The van der Waals surface area contributed by atoms with E-state index in [0.717, 1.165) is 17.1 Å². The minimum Gasteiger partial charge on any atom is -0.468 e. The number of hydrogen-bond acceptors (Lipinski definition) is 6. The number of furan rings is 2. The lowest BCUT2D eigenvalue weighted by Gasteiger charge is -2.34. The molecule has 4 rings (SSSR count). The van der Waals surface area contributed by atoms with Crippen molar-refractivity contribution >= 4 is 22.0 Å². The summed E-state index contributed by atoms with van der Waals surface area (Å²) in [5, 5.41) is 1.23. The van der Waals surface area contributed by atoms with E-state index in [1.54, 1.807) is 23.5 Å². The lowest BCUT2D eigenvalue weighted by atomic mass is 10.2. The molecule has 8 nitrogen and oxygen atoms in total. The minimum atomic E-state index is -3.54. The Kier molecular flexibility index (Phi) is 7.43. The number of benzene rings is 1. The van der Waals surface area contributed by atoms with E-state index < -0.39 is 10.0 Å². The van der Waals surface area contributed by atoms with Crippen LogP contribution >= 0.6 is 0 Å². The molecule has 0 atom stereocenters. The second kappa shape index (κ2) is 10.7. The van der Waals surface area contributed by atoms with E-state index in [1.807, 2.05) is 59.5 Å². The molecule has 1 fully saturated rings. The zero-order chi connectivity index (χ0) is 23.1. The SMILES string of the molecule is O=C(CN(Cc1ccco1)Cc1ccco1)N1CCN(S(=O)(=O)/C=C/c2ccccc2)CC1. The first-order valence-electron chi connectivity index (χ1n) is 10.8. The molecule has 0 unspecified atom stereocenters. The number of carbonyl (C=O) groups excluding carboxylic acids is 1. The molecule has 3 aromatic rings. The highest BCUT2D eigenvalue weighted by atomic mass is 32.2. The van der Waals surface area contributed by atoms with E-state index in [9.17, 15) is 13.2 Å². The van der Waals surface area contributed by atoms with Crippen LogP contribution in [0.3, 0.4) is 0 Å². The van der Waals surface area contributed by atoms with Crippen molar-refractivity contribution in [2.75, 3.05) is 32.7 Å². The largest absolute Gasteiger partial charge is 0.468 e. The molecule has 174 valence electrons. The third-order valence-electron chi connectivity index (χ3n) is 5.46. The minimum absolute atomic E-state index is 0.0509. The highest BCUT2D eigenvalue weighted by Crippen LogP contribution is 2.14. The van der Waals surface area contributed by atoms with Gasteiger partial charge in [0.1, 0.15) is 11.5 Å². The summed E-state index contributed by atoms with van der Waals surface area (Å²) in [7, 11) is -3.54. The quantitative estimate of drug-likeness (QED) is 0.479. The fraction of sp³-hybridized carbons (Fsp3) is 0.292. The highest BCUT2D eigenvalue weighted by molar-refractivity contribution is 7.92. The van der Waals surface area contributed by atoms with E-state index in [1.165, 1.54) is 9.71 Å². The summed E-state index contributed by atoms with van der Waals surface area (Å²) in [6.45, 7) is 2.37. The van der Waals surface area contributed by atoms with Crippen molar-refractivity contribution in [2.24, 2.45) is 0 Å². The molecule has 0 N–H and O–H groups in total. The van der Waals surface area contributed by atoms with Gasteiger partial charge in [-0.15, -0.1) is 0 Å². The van der Waals surface area contributed by atoms with Crippen LogP contribution < -0.4 is 0 Å². The molecule has 1 aliphatic heterocycles. The van der Waals surface area contributed by atoms with Gasteiger partial charge in [0.15, 0.2) is 0 Å². The molecule has 1 aromatic carbocycles. The molecule has 2 aromatic heterocycles. The number of nitrogens with zero attached hydrogens (tertiary/aromatic N) is 3. The van der Waals surface area contributed by atoms with Gasteiger partial charge in [0.25, 0.3) is 0 Å². The van der Waals surface area contributed by atoms with Gasteiger partial charge in [0.05, 0.1) is 32.2 Å². The van der Waals surface area contributed by atoms with Crippen molar-refractivity contribution < 1.29 is 22.0 Å². The average Bonchev–Trinajstić information content (AvgIpc) is 3.53. The van der Waals surface area contributed by atoms with E-state index >= 15 is 0 Å². The van der Waals surface area contributed by atoms with Crippen LogP contribution in [0.25, 0.3) is 6.08 Å². The predicted octanol–water partition coefficient (Wildman–Crippen LogP) is 3.02. The summed E-state index contributed by atoms with van der Waals surface area (Å²) >= 11 is 0. The lowest BCUT2D eigenvalue weighted by molar-refractivity contribution is -0.134. The fourth-order valence-corrected chi connectivity index (χ4v) is 4.89. The fourth-order valence-electron chi connectivity index (χ4n) is 3.71. The maximum absolute atomic E-state index is 13.0. The summed E-state index contributed by atoms with van der Waals surface area (Å²) in [5.74, 6) is 1.47. The van der Waals surface area contributed by atoms with Gasteiger partial charge < -0.3 is 13.7 Å². The number of carbonyl (C=O) groups is 1. The van der Waals surface area contributed by atoms with Crippen molar-refractivity contribution in [3.8, 4) is 0 Å². The Morgan fingerprint density at radius 3 is 2.03 bits per heavy atom. The lowest BCUT2D eigenvalue weighted by Crippen LogP contribution is -2.52. The summed E-state index contributed by atoms with van der Waals surface area (Å²) < 4.78 is 37.6. The molecular weight excluding hydrogens is 442 g/mol. The first-order valence-corrected chi connectivity index (χ1v) is 12.3. The van der Waals surface area contributed by atoms with E-state index in [4.69, 9.17) is 8.83 Å². The molecule has 9 heteroatoms. The Morgan fingerprint density at radius 2 is 1.48 bits per heavy atom. The summed E-state index contributed by atoms with van der Waals surface area (Å²) in [6.07, 6.45) is 4.80. The molecule has 0 bridgehead atoms. The Hall–Kier alpha value is -3.14. The van der Waals surface area contributed by atoms with Crippen LogP contribution in [-0.4, -0.2) is 61.2 Å². The number of sulfonamides is 1. The number of hydrogen-bond donors (Lipinski definition) is 0. The smallest absolute Gasteiger partial charge is 0.236 e. The highest BCUT2D eigenvalue weighted by Gasteiger charge is 2.28. The van der Waals surface area contributed by atoms with Gasteiger partial charge in [0.2, 0.25) is 15.9 Å². The van der Waals surface area contributed by atoms with Crippen molar-refractivity contribution in [1.29, 1.82) is 0 Å². The first kappa shape index (κ1) is 23.0. The zero-order valence-corrected chi connectivity index (χ0v) is 19.1. The Bertz CT molecular complexity index is 1100. The molecule has 3 heterocycles. The predicted molar refractivity (Wildman–Crippen MR) is 124 cm³/mol. The van der Waals surface area contributed by atoms with Crippen LogP contribution in [-0.2, 0) is 27.9 Å². The molecule has 0 saturated carbocycles. The van der Waals surface area contributed by atoms with E-state index in [2.05, 4.69) is 0 Å². The van der Waals surface area contributed by atoms with Crippen LogP contribution in [0.2, 0.25) is 0 Å². The number of piperazine rings is 1. The Balaban J connectivity index is 1.33. The van der Waals surface area contributed by atoms with Crippen molar-refractivity contribution in [3.05, 3.63) is 89.6 Å².